The van der Waals surface area contributed by atoms with Crippen molar-refractivity contribution in [3.63, 3.8) is 0 Å². The molecule has 4 rings (SSSR count). The Morgan fingerprint density at radius 1 is 1.00 bits per heavy atom. The van der Waals surface area contributed by atoms with Gasteiger partial charge in [-0.15, -0.1) is 10.2 Å². The van der Waals surface area contributed by atoms with Crippen LogP contribution in [0.3, 0.4) is 0 Å². The lowest BCUT2D eigenvalue weighted by Gasteiger charge is -2.41. The molecule has 10 heteroatoms. The number of nitrogen functional groups attached to an aromatic ring is 2. The van der Waals surface area contributed by atoms with Gasteiger partial charge in [-0.1, -0.05) is 12.1 Å². The summed E-state index contributed by atoms with van der Waals surface area (Å²) in [6.45, 7) is 4.32. The number of pyridine rings is 1. The Balaban J connectivity index is 1.30. The summed E-state index contributed by atoms with van der Waals surface area (Å²) in [5.41, 5.74) is 12.2. The van der Waals surface area contributed by atoms with Gasteiger partial charge in [-0.05, 0) is 70.1 Å². The maximum Gasteiger partial charge on any atom is 0.412 e. The van der Waals surface area contributed by atoms with E-state index < -0.39 is 6.09 Å². The van der Waals surface area contributed by atoms with Gasteiger partial charge in [-0.3, -0.25) is 0 Å². The second-order valence-corrected chi connectivity index (χ2v) is 8.69. The van der Waals surface area contributed by atoms with Crippen molar-refractivity contribution in [3.05, 3.63) is 36.4 Å². The number of likely N-dealkylation sites (tertiary alicyclic amines) is 2. The third-order valence-corrected chi connectivity index (χ3v) is 6.31. The number of piperidine rings is 2. The van der Waals surface area contributed by atoms with E-state index in [1.165, 1.54) is 12.8 Å². The molecular weight excluding hydrogens is 420 g/mol. The number of aromatic nitrogens is 1. The van der Waals surface area contributed by atoms with Crippen LogP contribution in [0, 0.1) is 0 Å². The Morgan fingerprint density at radius 2 is 1.70 bits per heavy atom. The highest BCUT2D eigenvalue weighted by Crippen LogP contribution is 2.30. The fourth-order valence-electron chi connectivity index (χ4n) is 4.37. The molecular formula is C23H32N8O2. The third kappa shape index (κ3) is 6.17. The minimum absolute atomic E-state index is 0.106. The van der Waals surface area contributed by atoms with E-state index in [9.17, 15) is 4.79 Å². The molecule has 3 heterocycles. The molecule has 2 aliphatic heterocycles. The highest BCUT2D eigenvalue weighted by molar-refractivity contribution is 5.73. The van der Waals surface area contributed by atoms with Crippen molar-refractivity contribution in [1.82, 2.24) is 20.1 Å². The molecule has 0 unspecified atom stereocenters. The lowest BCUT2D eigenvalue weighted by atomic mass is 9.98. The number of nitrogens with two attached hydrogens (primary N) is 2. The summed E-state index contributed by atoms with van der Waals surface area (Å²) < 4.78 is 5.55. The molecule has 1 aromatic carbocycles. The number of ether oxygens (including phenoxy) is 1. The van der Waals surface area contributed by atoms with Gasteiger partial charge < -0.3 is 31.3 Å². The molecule has 2 fully saturated rings. The van der Waals surface area contributed by atoms with Crippen molar-refractivity contribution >= 4 is 29.1 Å². The number of hydrogen-bond donors (Lipinski definition) is 3. The van der Waals surface area contributed by atoms with Crippen molar-refractivity contribution in [3.8, 4) is 5.75 Å². The molecule has 0 bridgehead atoms. The summed E-state index contributed by atoms with van der Waals surface area (Å²) in [6, 6.07) is 11.0. The van der Waals surface area contributed by atoms with Crippen molar-refractivity contribution in [1.29, 1.82) is 0 Å². The predicted octanol–water partition coefficient (Wildman–Crippen LogP) is 3.31. The van der Waals surface area contributed by atoms with E-state index in [1.807, 2.05) is 0 Å². The Morgan fingerprint density at radius 3 is 2.42 bits per heavy atom. The second kappa shape index (κ2) is 10.6. The third-order valence-electron chi connectivity index (χ3n) is 6.31. The van der Waals surface area contributed by atoms with Crippen LogP contribution >= 0.6 is 0 Å². The van der Waals surface area contributed by atoms with E-state index in [-0.39, 0.29) is 11.9 Å². The van der Waals surface area contributed by atoms with Gasteiger partial charge in [0.15, 0.2) is 11.6 Å². The molecule has 0 aliphatic carbocycles. The number of azo groups is 1. The van der Waals surface area contributed by atoms with Crippen molar-refractivity contribution in [2.45, 2.75) is 37.8 Å². The highest BCUT2D eigenvalue weighted by atomic mass is 16.6. The molecule has 2 saturated heterocycles. The Bertz CT molecular complexity index is 982. The number of amides is 1. The number of carbonyl (C=O) groups excluding carboxylic acids is 1. The fraction of sp³-hybridized carbons (Fsp3) is 0.478. The quantitative estimate of drug-likeness (QED) is 0.592. The first-order valence-corrected chi connectivity index (χ1v) is 11.4. The number of nitrogens with zero attached hydrogens (tertiary/aromatic N) is 5. The van der Waals surface area contributed by atoms with Crippen LogP contribution in [0.4, 0.5) is 27.8 Å². The normalized spacial score (nSPS) is 19.1. The van der Waals surface area contributed by atoms with E-state index in [0.717, 1.165) is 39.0 Å². The Kier molecular flexibility index (Phi) is 7.36. The molecule has 1 amide bonds. The molecule has 0 spiro atoms. The number of para-hydroxylation sites is 1. The lowest BCUT2D eigenvalue weighted by Crippen LogP contribution is -2.51. The summed E-state index contributed by atoms with van der Waals surface area (Å²) in [7, 11) is 2.18. The Hall–Kier alpha value is -3.24. The zero-order valence-electron chi connectivity index (χ0n) is 19.0. The zero-order valence-corrected chi connectivity index (χ0v) is 19.0. The molecule has 176 valence electrons. The maximum absolute atomic E-state index is 12.5. The van der Waals surface area contributed by atoms with Crippen LogP contribution in [0.2, 0.25) is 0 Å². The summed E-state index contributed by atoms with van der Waals surface area (Å²) in [6.07, 6.45) is 3.81. The van der Waals surface area contributed by atoms with Crippen LogP contribution in [0.5, 0.6) is 5.75 Å². The van der Waals surface area contributed by atoms with Crippen molar-refractivity contribution in [2.24, 2.45) is 10.2 Å². The molecule has 10 nitrogen and oxygen atoms in total. The van der Waals surface area contributed by atoms with E-state index in [4.69, 9.17) is 16.2 Å². The second-order valence-electron chi connectivity index (χ2n) is 8.69. The molecule has 0 radical (unpaired) electrons. The topological polar surface area (TPSA) is 134 Å². The van der Waals surface area contributed by atoms with Crippen LogP contribution in [0.15, 0.2) is 46.6 Å². The molecule has 5 N–H and O–H groups in total. The molecule has 33 heavy (non-hydrogen) atoms. The van der Waals surface area contributed by atoms with E-state index in [1.54, 1.807) is 36.4 Å². The minimum atomic E-state index is -0.482. The van der Waals surface area contributed by atoms with Crippen LogP contribution in [-0.4, -0.2) is 66.2 Å². The minimum Gasteiger partial charge on any atom is -0.408 e. The van der Waals surface area contributed by atoms with E-state index >= 15 is 0 Å². The van der Waals surface area contributed by atoms with Gasteiger partial charge >= 0.3 is 6.09 Å². The Labute approximate surface area is 194 Å². The number of carbonyl (C=O) groups is 1. The number of anilines is 2. The number of benzene rings is 1. The first-order valence-electron chi connectivity index (χ1n) is 11.4. The summed E-state index contributed by atoms with van der Waals surface area (Å²) in [5, 5.41) is 11.3. The van der Waals surface area contributed by atoms with Crippen molar-refractivity contribution < 1.29 is 9.53 Å². The molecule has 0 saturated carbocycles. The van der Waals surface area contributed by atoms with Crippen LogP contribution < -0.4 is 21.5 Å². The van der Waals surface area contributed by atoms with Gasteiger partial charge in [-0.25, -0.2) is 9.78 Å². The van der Waals surface area contributed by atoms with Crippen LogP contribution in [0.1, 0.15) is 25.7 Å². The maximum atomic E-state index is 12.5. The van der Waals surface area contributed by atoms with Crippen LogP contribution in [-0.2, 0) is 0 Å². The van der Waals surface area contributed by atoms with Crippen LogP contribution in [0.25, 0.3) is 0 Å². The summed E-state index contributed by atoms with van der Waals surface area (Å²) in [5.74, 6) is 0.815. The molecule has 2 aromatic rings. The highest BCUT2D eigenvalue weighted by Gasteiger charge is 2.28. The fourth-order valence-corrected chi connectivity index (χ4v) is 4.37. The molecule has 0 atom stereocenters. The number of hydrogen-bond acceptors (Lipinski definition) is 9. The van der Waals surface area contributed by atoms with Gasteiger partial charge in [0, 0.05) is 25.2 Å². The standard InChI is InChI=1S/C23H32N8O2/c1-30-12-10-17(11-13-30)31-14-8-16(9-15-31)26-23(32)33-20-5-3-2-4-18(20)28-29-19-6-7-21(24)27-22(19)25/h2-7,16-17H,8-15H2,1H3,(H,26,32)(H4,24,25,27)/b29-28+. The van der Waals surface area contributed by atoms with Gasteiger partial charge in [0.05, 0.1) is 0 Å². The number of nitrogens with one attached hydrogen (secondary N) is 1. The van der Waals surface area contributed by atoms with E-state index in [0.29, 0.717) is 29.0 Å². The smallest absolute Gasteiger partial charge is 0.408 e. The van der Waals surface area contributed by atoms with Gasteiger partial charge in [0.1, 0.15) is 17.2 Å². The summed E-state index contributed by atoms with van der Waals surface area (Å²) in [4.78, 5) is 21.5. The zero-order chi connectivity index (χ0) is 23.2. The van der Waals surface area contributed by atoms with Gasteiger partial charge in [-0.2, -0.15) is 0 Å². The average Bonchev–Trinajstić information content (AvgIpc) is 2.80. The monoisotopic (exact) mass is 452 g/mol. The van der Waals surface area contributed by atoms with Crippen molar-refractivity contribution in [2.75, 3.05) is 44.7 Å². The lowest BCUT2D eigenvalue weighted by molar-refractivity contribution is 0.0918. The largest absolute Gasteiger partial charge is 0.412 e. The van der Waals surface area contributed by atoms with E-state index in [2.05, 4.69) is 37.4 Å². The molecule has 2 aliphatic rings. The number of rotatable bonds is 5. The first kappa shape index (κ1) is 22.9. The predicted molar refractivity (Wildman–Crippen MR) is 128 cm³/mol. The average molecular weight is 453 g/mol. The van der Waals surface area contributed by atoms with Gasteiger partial charge in [0.25, 0.3) is 0 Å². The molecule has 1 aromatic heterocycles. The van der Waals surface area contributed by atoms with Gasteiger partial charge in [0.2, 0.25) is 0 Å². The summed E-state index contributed by atoms with van der Waals surface area (Å²) >= 11 is 0. The first-order chi connectivity index (χ1) is 16.0. The SMILES string of the molecule is CN1CCC(N2CCC(NC(=O)Oc3ccccc3/N=N/c3ccc(N)nc3N)CC2)CC1.